The van der Waals surface area contributed by atoms with Gasteiger partial charge in [0.25, 0.3) is 0 Å². The van der Waals surface area contributed by atoms with Gasteiger partial charge in [-0.25, -0.2) is 4.98 Å². The van der Waals surface area contributed by atoms with Crippen molar-refractivity contribution in [3.8, 4) is 11.8 Å². The van der Waals surface area contributed by atoms with Gasteiger partial charge < -0.3 is 5.11 Å². The fourth-order valence-corrected chi connectivity index (χ4v) is 1.23. The maximum absolute atomic E-state index is 8.58. The lowest BCUT2D eigenvalue weighted by molar-refractivity contribution is 0.305. The molecule has 0 unspecified atom stereocenters. The van der Waals surface area contributed by atoms with E-state index in [0.717, 1.165) is 11.0 Å². The molecule has 0 spiro atoms. The normalized spacial score (nSPS) is 9.67. The van der Waals surface area contributed by atoms with Crippen LogP contribution >= 0.6 is 0 Å². The van der Waals surface area contributed by atoms with Crippen LogP contribution in [0, 0.1) is 11.8 Å². The highest BCUT2D eigenvalue weighted by Crippen LogP contribution is 2.07. The van der Waals surface area contributed by atoms with Crippen LogP contribution in [0.4, 0.5) is 0 Å². The van der Waals surface area contributed by atoms with Gasteiger partial charge >= 0.3 is 0 Å². The molecule has 3 nitrogen and oxygen atoms in total. The van der Waals surface area contributed by atoms with Crippen LogP contribution in [0.25, 0.3) is 11.0 Å². The third-order valence-electron chi connectivity index (χ3n) is 1.90. The molecular formula is C12H10N2O. The highest BCUT2D eigenvalue weighted by Gasteiger charge is 1.95. The van der Waals surface area contributed by atoms with E-state index in [1.807, 2.05) is 24.3 Å². The number of fused-ring (bicyclic) bond motifs is 1. The Morgan fingerprint density at radius 3 is 2.80 bits per heavy atom. The van der Waals surface area contributed by atoms with Gasteiger partial charge in [0.15, 0.2) is 0 Å². The summed E-state index contributed by atoms with van der Waals surface area (Å²) in [6, 6.07) is 7.66. The SMILES string of the molecule is OCCC#Cc1cnc2ccccc2n1. The number of para-hydroxylation sites is 2. The fraction of sp³-hybridized carbons (Fsp3) is 0.167. The molecule has 0 amide bonds. The van der Waals surface area contributed by atoms with Crippen molar-refractivity contribution in [1.82, 2.24) is 9.97 Å². The van der Waals surface area contributed by atoms with Crippen molar-refractivity contribution in [1.29, 1.82) is 0 Å². The topological polar surface area (TPSA) is 46.0 Å². The monoisotopic (exact) mass is 198 g/mol. The van der Waals surface area contributed by atoms with E-state index in [2.05, 4.69) is 21.8 Å². The van der Waals surface area contributed by atoms with Crippen LogP contribution in [0.3, 0.4) is 0 Å². The van der Waals surface area contributed by atoms with Crippen molar-refractivity contribution in [3.05, 3.63) is 36.2 Å². The van der Waals surface area contributed by atoms with Gasteiger partial charge in [-0.05, 0) is 18.1 Å². The van der Waals surface area contributed by atoms with E-state index in [1.165, 1.54) is 0 Å². The molecule has 2 rings (SSSR count). The van der Waals surface area contributed by atoms with Gasteiger partial charge in [-0.2, -0.15) is 0 Å². The molecule has 0 saturated carbocycles. The lowest BCUT2D eigenvalue weighted by Crippen LogP contribution is -1.87. The highest BCUT2D eigenvalue weighted by molar-refractivity contribution is 5.74. The molecule has 15 heavy (non-hydrogen) atoms. The van der Waals surface area contributed by atoms with Crippen molar-refractivity contribution in [3.63, 3.8) is 0 Å². The number of hydrogen-bond acceptors (Lipinski definition) is 3. The van der Waals surface area contributed by atoms with Crippen molar-refractivity contribution < 1.29 is 5.11 Å². The second-order valence-electron chi connectivity index (χ2n) is 3.02. The Balaban J connectivity index is 2.36. The molecule has 0 aliphatic rings. The van der Waals surface area contributed by atoms with Crippen molar-refractivity contribution in [2.75, 3.05) is 6.61 Å². The first kappa shape index (κ1) is 9.63. The first-order chi connectivity index (χ1) is 7.40. The molecule has 1 N–H and O–H groups in total. The molecule has 0 atom stereocenters. The Bertz CT molecular complexity index is 526. The van der Waals surface area contributed by atoms with Crippen LogP contribution in [0.5, 0.6) is 0 Å². The quantitative estimate of drug-likeness (QED) is 0.704. The summed E-state index contributed by atoms with van der Waals surface area (Å²) in [6.07, 6.45) is 2.11. The summed E-state index contributed by atoms with van der Waals surface area (Å²) in [5.74, 6) is 5.67. The molecule has 1 aromatic heterocycles. The number of hydrogen-bond donors (Lipinski definition) is 1. The summed E-state index contributed by atoms with van der Waals surface area (Å²) in [7, 11) is 0. The largest absolute Gasteiger partial charge is 0.395 e. The fourth-order valence-electron chi connectivity index (χ4n) is 1.23. The number of aliphatic hydroxyl groups is 1. The molecule has 1 heterocycles. The molecule has 0 bridgehead atoms. The number of aromatic nitrogens is 2. The molecule has 0 aliphatic heterocycles. The van der Waals surface area contributed by atoms with Gasteiger partial charge in [-0.15, -0.1) is 0 Å². The molecule has 0 fully saturated rings. The van der Waals surface area contributed by atoms with Gasteiger partial charge in [0.2, 0.25) is 0 Å². The van der Waals surface area contributed by atoms with Crippen molar-refractivity contribution >= 4 is 11.0 Å². The first-order valence-electron chi connectivity index (χ1n) is 4.71. The van der Waals surface area contributed by atoms with E-state index < -0.39 is 0 Å². The standard InChI is InChI=1S/C12H10N2O/c15-8-4-3-5-10-9-13-11-6-1-2-7-12(11)14-10/h1-2,6-7,9,15H,4,8H2. The first-order valence-corrected chi connectivity index (χ1v) is 4.71. The Morgan fingerprint density at radius 1 is 1.20 bits per heavy atom. The Morgan fingerprint density at radius 2 is 2.00 bits per heavy atom. The average Bonchev–Trinajstić information content (AvgIpc) is 2.29. The van der Waals surface area contributed by atoms with Crippen molar-refractivity contribution in [2.45, 2.75) is 6.42 Å². The minimum atomic E-state index is 0.0774. The predicted molar refractivity (Wildman–Crippen MR) is 58.1 cm³/mol. The molecule has 0 saturated heterocycles. The molecule has 1 aromatic carbocycles. The summed E-state index contributed by atoms with van der Waals surface area (Å²) in [5, 5.41) is 8.58. The summed E-state index contributed by atoms with van der Waals surface area (Å²) in [4.78, 5) is 8.56. The Labute approximate surface area is 87.8 Å². The lowest BCUT2D eigenvalue weighted by Gasteiger charge is -1.95. The third-order valence-corrected chi connectivity index (χ3v) is 1.90. The van der Waals surface area contributed by atoms with Crippen LogP contribution in [0.15, 0.2) is 30.5 Å². The summed E-state index contributed by atoms with van der Waals surface area (Å²) < 4.78 is 0. The molecule has 2 aromatic rings. The van der Waals surface area contributed by atoms with Gasteiger partial charge in [-0.3, -0.25) is 4.98 Å². The van der Waals surface area contributed by atoms with Gasteiger partial charge in [-0.1, -0.05) is 18.1 Å². The Kier molecular flexibility index (Phi) is 2.91. The van der Waals surface area contributed by atoms with Crippen LogP contribution in [0.1, 0.15) is 12.1 Å². The second-order valence-corrected chi connectivity index (χ2v) is 3.02. The van der Waals surface area contributed by atoms with Crippen molar-refractivity contribution in [2.24, 2.45) is 0 Å². The summed E-state index contributed by atoms with van der Waals surface area (Å²) in [6.45, 7) is 0.0774. The van der Waals surface area contributed by atoms with Crippen LogP contribution < -0.4 is 0 Å². The number of benzene rings is 1. The van der Waals surface area contributed by atoms with E-state index in [0.29, 0.717) is 12.1 Å². The molecule has 0 aliphatic carbocycles. The maximum Gasteiger partial charge on any atom is 0.132 e. The van der Waals surface area contributed by atoms with Crippen LogP contribution in [-0.4, -0.2) is 21.7 Å². The van der Waals surface area contributed by atoms with E-state index >= 15 is 0 Å². The number of rotatable bonds is 1. The van der Waals surface area contributed by atoms with Crippen LogP contribution in [0.2, 0.25) is 0 Å². The molecule has 0 radical (unpaired) electrons. The van der Waals surface area contributed by atoms with E-state index in [4.69, 9.17) is 5.11 Å². The van der Waals surface area contributed by atoms with Crippen LogP contribution in [-0.2, 0) is 0 Å². The average molecular weight is 198 g/mol. The summed E-state index contributed by atoms with van der Waals surface area (Å²) in [5.41, 5.74) is 2.35. The number of aliphatic hydroxyl groups excluding tert-OH is 1. The zero-order valence-corrected chi connectivity index (χ0v) is 8.14. The molecule has 74 valence electrons. The lowest BCUT2D eigenvalue weighted by atomic mass is 10.3. The Hall–Kier alpha value is -1.92. The maximum atomic E-state index is 8.58. The zero-order valence-electron chi connectivity index (χ0n) is 8.14. The number of nitrogens with zero attached hydrogens (tertiary/aromatic N) is 2. The second kappa shape index (κ2) is 4.54. The van der Waals surface area contributed by atoms with E-state index in [9.17, 15) is 0 Å². The molecule has 3 heteroatoms. The third kappa shape index (κ3) is 2.30. The summed E-state index contributed by atoms with van der Waals surface area (Å²) >= 11 is 0. The van der Waals surface area contributed by atoms with E-state index in [-0.39, 0.29) is 6.61 Å². The predicted octanol–water partition coefficient (Wildman–Crippen LogP) is 1.36. The van der Waals surface area contributed by atoms with Gasteiger partial charge in [0.05, 0.1) is 23.8 Å². The smallest absolute Gasteiger partial charge is 0.132 e. The zero-order chi connectivity index (χ0) is 10.5. The minimum absolute atomic E-state index is 0.0774. The highest BCUT2D eigenvalue weighted by atomic mass is 16.2. The van der Waals surface area contributed by atoms with Gasteiger partial charge in [0.1, 0.15) is 5.69 Å². The minimum Gasteiger partial charge on any atom is -0.395 e. The van der Waals surface area contributed by atoms with Gasteiger partial charge in [0, 0.05) is 6.42 Å². The van der Waals surface area contributed by atoms with E-state index in [1.54, 1.807) is 6.20 Å². The molecular weight excluding hydrogens is 188 g/mol.